The molecule has 1 heterocycles. The molecular formula is C12H3Br4ClO2. The molecule has 0 radical (unpaired) electrons. The first-order valence-electron chi connectivity index (χ1n) is 4.99. The van der Waals surface area contributed by atoms with E-state index in [1.54, 1.807) is 6.07 Å². The molecule has 0 fully saturated rings. The first kappa shape index (κ1) is 14.2. The zero-order chi connectivity index (χ0) is 13.7. The van der Waals surface area contributed by atoms with E-state index in [0.717, 1.165) is 17.9 Å². The van der Waals surface area contributed by atoms with Crippen molar-refractivity contribution >= 4 is 75.3 Å². The van der Waals surface area contributed by atoms with Crippen LogP contribution in [0.25, 0.3) is 0 Å². The Morgan fingerprint density at radius 2 is 1.32 bits per heavy atom. The van der Waals surface area contributed by atoms with Crippen LogP contribution in [-0.4, -0.2) is 0 Å². The lowest BCUT2D eigenvalue weighted by Gasteiger charge is -2.23. The summed E-state index contributed by atoms with van der Waals surface area (Å²) >= 11 is 19.8. The van der Waals surface area contributed by atoms with E-state index in [-0.39, 0.29) is 0 Å². The first-order valence-corrected chi connectivity index (χ1v) is 8.54. The van der Waals surface area contributed by atoms with Crippen LogP contribution in [0.1, 0.15) is 0 Å². The SMILES string of the molecule is Clc1cc2c(c(Br)c1Br)Oc1cc(Br)c(Br)cc1O2. The van der Waals surface area contributed by atoms with Gasteiger partial charge >= 0.3 is 0 Å². The van der Waals surface area contributed by atoms with Crippen molar-refractivity contribution in [3.8, 4) is 23.0 Å². The summed E-state index contributed by atoms with van der Waals surface area (Å²) in [6, 6.07) is 5.40. The highest BCUT2D eigenvalue weighted by molar-refractivity contribution is 9.13. The molecule has 1 aliphatic rings. The van der Waals surface area contributed by atoms with Gasteiger partial charge in [-0.05, 0) is 63.7 Å². The molecule has 0 bridgehead atoms. The molecule has 3 rings (SSSR count). The number of halogens is 5. The minimum absolute atomic E-state index is 0.550. The third kappa shape index (κ3) is 2.46. The molecule has 98 valence electrons. The van der Waals surface area contributed by atoms with Gasteiger partial charge in [0.25, 0.3) is 0 Å². The van der Waals surface area contributed by atoms with Crippen molar-refractivity contribution in [3.63, 3.8) is 0 Å². The van der Waals surface area contributed by atoms with E-state index < -0.39 is 0 Å². The number of ether oxygens (including phenoxy) is 2. The highest BCUT2D eigenvalue weighted by Gasteiger charge is 2.25. The smallest absolute Gasteiger partial charge is 0.185 e. The van der Waals surface area contributed by atoms with E-state index in [4.69, 9.17) is 21.1 Å². The van der Waals surface area contributed by atoms with Crippen molar-refractivity contribution < 1.29 is 9.47 Å². The molecule has 2 nitrogen and oxygen atoms in total. The minimum Gasteiger partial charge on any atom is -0.449 e. The summed E-state index contributed by atoms with van der Waals surface area (Å²) in [6.07, 6.45) is 0. The number of rotatable bonds is 0. The van der Waals surface area contributed by atoms with Crippen LogP contribution in [0.5, 0.6) is 23.0 Å². The Hall–Kier alpha value is 0.250. The molecule has 0 atom stereocenters. The molecule has 0 spiro atoms. The fraction of sp³-hybridized carbons (Fsp3) is 0. The summed E-state index contributed by atoms with van der Waals surface area (Å²) in [5.74, 6) is 2.44. The van der Waals surface area contributed by atoms with Crippen molar-refractivity contribution in [1.82, 2.24) is 0 Å². The summed E-state index contributed by atoms with van der Waals surface area (Å²) in [5.41, 5.74) is 0. The highest BCUT2D eigenvalue weighted by atomic mass is 79.9. The topological polar surface area (TPSA) is 18.5 Å². The maximum absolute atomic E-state index is 6.11. The summed E-state index contributed by atoms with van der Waals surface area (Å²) < 4.78 is 14.9. The first-order chi connectivity index (χ1) is 8.97. The summed E-state index contributed by atoms with van der Waals surface area (Å²) in [7, 11) is 0. The second-order valence-electron chi connectivity index (χ2n) is 3.73. The molecule has 7 heteroatoms. The van der Waals surface area contributed by atoms with Crippen LogP contribution in [0, 0.1) is 0 Å². The van der Waals surface area contributed by atoms with Gasteiger partial charge < -0.3 is 9.47 Å². The van der Waals surface area contributed by atoms with Gasteiger partial charge in [0.1, 0.15) is 0 Å². The van der Waals surface area contributed by atoms with Crippen LogP contribution >= 0.6 is 75.3 Å². The minimum atomic E-state index is 0.550. The van der Waals surface area contributed by atoms with Crippen LogP contribution in [-0.2, 0) is 0 Å². The summed E-state index contributed by atoms with van der Waals surface area (Å²) in [4.78, 5) is 0. The Balaban J connectivity index is 2.17. The molecule has 2 aromatic carbocycles. The third-order valence-electron chi connectivity index (χ3n) is 2.50. The average molecular weight is 534 g/mol. The lowest BCUT2D eigenvalue weighted by atomic mass is 10.2. The third-order valence-corrected chi connectivity index (χ3v) is 6.98. The Morgan fingerprint density at radius 1 is 0.737 bits per heavy atom. The average Bonchev–Trinajstić information content (AvgIpc) is 2.37. The van der Waals surface area contributed by atoms with Crippen molar-refractivity contribution in [2.75, 3.05) is 0 Å². The predicted octanol–water partition coefficient (Wildman–Crippen LogP) is 7.29. The number of hydrogen-bond donors (Lipinski definition) is 0. The second-order valence-corrected chi connectivity index (χ2v) is 7.43. The van der Waals surface area contributed by atoms with Gasteiger partial charge in [-0.2, -0.15) is 0 Å². The maximum Gasteiger partial charge on any atom is 0.185 e. The molecule has 2 aromatic rings. The van der Waals surface area contributed by atoms with Crippen LogP contribution in [0.2, 0.25) is 5.02 Å². The predicted molar refractivity (Wildman–Crippen MR) is 88.8 cm³/mol. The molecule has 0 saturated heterocycles. The van der Waals surface area contributed by atoms with Gasteiger partial charge in [0.15, 0.2) is 23.0 Å². The molecule has 0 aliphatic carbocycles. The quantitative estimate of drug-likeness (QED) is 0.282. The largest absolute Gasteiger partial charge is 0.449 e. The monoisotopic (exact) mass is 530 g/mol. The molecule has 19 heavy (non-hydrogen) atoms. The number of fused-ring (bicyclic) bond motifs is 2. The lowest BCUT2D eigenvalue weighted by Crippen LogP contribution is -2.00. The van der Waals surface area contributed by atoms with Gasteiger partial charge in [-0.3, -0.25) is 0 Å². The van der Waals surface area contributed by atoms with E-state index in [1.165, 1.54) is 0 Å². The van der Waals surface area contributed by atoms with Gasteiger partial charge in [-0.1, -0.05) is 11.6 Å². The Kier molecular flexibility index (Phi) is 3.90. The van der Waals surface area contributed by atoms with Gasteiger partial charge in [-0.15, -0.1) is 0 Å². The van der Waals surface area contributed by atoms with Crippen molar-refractivity contribution in [1.29, 1.82) is 0 Å². The van der Waals surface area contributed by atoms with Crippen LogP contribution in [0.15, 0.2) is 36.1 Å². The molecule has 0 N–H and O–H groups in total. The summed E-state index contributed by atoms with van der Waals surface area (Å²) in [6.45, 7) is 0. The van der Waals surface area contributed by atoms with Gasteiger partial charge in [0.2, 0.25) is 0 Å². The zero-order valence-electron chi connectivity index (χ0n) is 8.94. The molecule has 0 amide bonds. The van der Waals surface area contributed by atoms with E-state index in [2.05, 4.69) is 63.7 Å². The van der Waals surface area contributed by atoms with Crippen molar-refractivity contribution in [3.05, 3.63) is 41.1 Å². The Labute approximate surface area is 147 Å². The Morgan fingerprint density at radius 3 is 1.95 bits per heavy atom. The van der Waals surface area contributed by atoms with Gasteiger partial charge in [0.05, 0.1) is 14.0 Å². The number of benzene rings is 2. The van der Waals surface area contributed by atoms with E-state index >= 15 is 0 Å². The zero-order valence-corrected chi connectivity index (χ0v) is 16.0. The van der Waals surface area contributed by atoms with Crippen LogP contribution in [0.4, 0.5) is 0 Å². The fourth-order valence-electron chi connectivity index (χ4n) is 1.63. The molecule has 1 aliphatic heterocycles. The highest BCUT2D eigenvalue weighted by Crippen LogP contribution is 2.53. The number of hydrogen-bond acceptors (Lipinski definition) is 2. The van der Waals surface area contributed by atoms with Crippen LogP contribution in [0.3, 0.4) is 0 Å². The lowest BCUT2D eigenvalue weighted by molar-refractivity contribution is 0.357. The second kappa shape index (κ2) is 5.22. The maximum atomic E-state index is 6.11. The molecule has 0 aromatic heterocycles. The standard InChI is InChI=1S/C12H3Br4ClO2/c13-4-1-7-8(2-5(4)14)19-12-9(18-7)3-6(17)10(15)11(12)16/h1-3H. The fourth-order valence-corrected chi connectivity index (χ4v) is 3.36. The normalized spacial score (nSPS) is 12.3. The van der Waals surface area contributed by atoms with Crippen LogP contribution < -0.4 is 9.47 Å². The molecular weight excluding hydrogens is 531 g/mol. The van der Waals surface area contributed by atoms with Gasteiger partial charge in [0, 0.05) is 27.1 Å². The van der Waals surface area contributed by atoms with Gasteiger partial charge in [-0.25, -0.2) is 0 Å². The molecule has 0 unspecified atom stereocenters. The molecule has 0 saturated carbocycles. The summed E-state index contributed by atoms with van der Waals surface area (Å²) in [5, 5.41) is 0.550. The van der Waals surface area contributed by atoms with Crippen molar-refractivity contribution in [2.24, 2.45) is 0 Å². The Bertz CT molecular complexity index is 703. The van der Waals surface area contributed by atoms with Crippen molar-refractivity contribution in [2.45, 2.75) is 0 Å². The van der Waals surface area contributed by atoms with E-state index in [9.17, 15) is 0 Å². The van der Waals surface area contributed by atoms with E-state index in [1.807, 2.05) is 12.1 Å². The van der Waals surface area contributed by atoms with E-state index in [0.29, 0.717) is 28.0 Å².